The maximum atomic E-state index is 12.3. The Morgan fingerprint density at radius 3 is 2.60 bits per heavy atom. The Morgan fingerprint density at radius 1 is 1.12 bits per heavy atom. The van der Waals surface area contributed by atoms with E-state index < -0.39 is 0 Å². The number of amides is 1. The molecule has 25 heavy (non-hydrogen) atoms. The third kappa shape index (κ3) is 4.73. The molecule has 0 saturated heterocycles. The van der Waals surface area contributed by atoms with E-state index in [-0.39, 0.29) is 11.9 Å². The first-order valence-electron chi connectivity index (χ1n) is 8.53. The summed E-state index contributed by atoms with van der Waals surface area (Å²) in [6, 6.07) is 15.8. The van der Waals surface area contributed by atoms with Gasteiger partial charge in [0, 0.05) is 6.54 Å². The van der Waals surface area contributed by atoms with Crippen LogP contribution in [-0.4, -0.2) is 37.6 Å². The summed E-state index contributed by atoms with van der Waals surface area (Å²) in [5.74, 6) is 1.50. The van der Waals surface area contributed by atoms with Crippen molar-refractivity contribution in [2.45, 2.75) is 19.5 Å². The smallest absolute Gasteiger partial charge is 0.234 e. The lowest BCUT2D eigenvalue weighted by Gasteiger charge is -2.22. The van der Waals surface area contributed by atoms with E-state index >= 15 is 0 Å². The minimum absolute atomic E-state index is 0.000759. The van der Waals surface area contributed by atoms with Crippen LogP contribution >= 0.6 is 0 Å². The third-order valence-corrected chi connectivity index (χ3v) is 4.15. The highest BCUT2D eigenvalue weighted by Gasteiger charge is 2.16. The second kappa shape index (κ2) is 8.03. The first kappa shape index (κ1) is 17.3. The van der Waals surface area contributed by atoms with Gasteiger partial charge < -0.3 is 14.8 Å². The number of rotatable bonds is 6. The zero-order chi connectivity index (χ0) is 17.6. The molecule has 1 aliphatic heterocycles. The standard InChI is InChI=1S/C20H24N2O3/c1-15(17-8-9-18-19(12-17)25-11-10-24-18)21-20(23)14-22(2)13-16-6-4-3-5-7-16/h3-9,12,15H,10-11,13-14H2,1-2H3,(H,21,23). The van der Waals surface area contributed by atoms with Gasteiger partial charge >= 0.3 is 0 Å². The maximum Gasteiger partial charge on any atom is 0.234 e. The van der Waals surface area contributed by atoms with Gasteiger partial charge in [0.15, 0.2) is 11.5 Å². The van der Waals surface area contributed by atoms with Crippen molar-refractivity contribution in [3.63, 3.8) is 0 Å². The second-order valence-electron chi connectivity index (χ2n) is 6.35. The molecule has 0 radical (unpaired) electrons. The first-order chi connectivity index (χ1) is 12.1. The molecule has 132 valence electrons. The van der Waals surface area contributed by atoms with Gasteiger partial charge in [0.25, 0.3) is 0 Å². The highest BCUT2D eigenvalue weighted by Crippen LogP contribution is 2.32. The van der Waals surface area contributed by atoms with Crippen molar-refractivity contribution in [1.29, 1.82) is 0 Å². The SMILES string of the molecule is CC(NC(=O)CN(C)Cc1ccccc1)c1ccc2c(c1)OCCO2. The van der Waals surface area contributed by atoms with Gasteiger partial charge in [-0.25, -0.2) is 0 Å². The van der Waals surface area contributed by atoms with E-state index in [1.807, 2.05) is 55.3 Å². The Bertz CT molecular complexity index is 718. The van der Waals surface area contributed by atoms with Crippen LogP contribution in [0.3, 0.4) is 0 Å². The molecule has 5 heteroatoms. The van der Waals surface area contributed by atoms with E-state index in [1.165, 1.54) is 5.56 Å². The Labute approximate surface area is 148 Å². The number of hydrogen-bond donors (Lipinski definition) is 1. The first-order valence-corrected chi connectivity index (χ1v) is 8.53. The highest BCUT2D eigenvalue weighted by molar-refractivity contribution is 5.78. The van der Waals surface area contributed by atoms with Gasteiger partial charge in [-0.1, -0.05) is 36.4 Å². The third-order valence-electron chi connectivity index (χ3n) is 4.15. The number of benzene rings is 2. The largest absolute Gasteiger partial charge is 0.486 e. The summed E-state index contributed by atoms with van der Waals surface area (Å²) < 4.78 is 11.1. The Balaban J connectivity index is 1.53. The Morgan fingerprint density at radius 2 is 1.84 bits per heavy atom. The summed E-state index contributed by atoms with van der Waals surface area (Å²) in [6.07, 6.45) is 0. The molecular weight excluding hydrogens is 316 g/mol. The quantitative estimate of drug-likeness (QED) is 0.878. The van der Waals surface area contributed by atoms with Crippen molar-refractivity contribution in [3.05, 3.63) is 59.7 Å². The molecule has 1 N–H and O–H groups in total. The maximum absolute atomic E-state index is 12.3. The Kier molecular flexibility index (Phi) is 5.56. The van der Waals surface area contributed by atoms with Gasteiger partial charge in [0.1, 0.15) is 13.2 Å². The van der Waals surface area contributed by atoms with E-state index in [4.69, 9.17) is 9.47 Å². The fourth-order valence-electron chi connectivity index (χ4n) is 2.90. The molecule has 2 aromatic carbocycles. The summed E-state index contributed by atoms with van der Waals surface area (Å²) >= 11 is 0. The molecule has 1 atom stereocenters. The van der Waals surface area contributed by atoms with Crippen molar-refractivity contribution in [2.24, 2.45) is 0 Å². The molecule has 5 nitrogen and oxygen atoms in total. The highest BCUT2D eigenvalue weighted by atomic mass is 16.6. The number of carbonyl (C=O) groups excluding carboxylic acids is 1. The molecule has 0 bridgehead atoms. The number of hydrogen-bond acceptors (Lipinski definition) is 4. The van der Waals surface area contributed by atoms with Crippen LogP contribution in [0.25, 0.3) is 0 Å². The summed E-state index contributed by atoms with van der Waals surface area (Å²) in [5, 5.41) is 3.04. The molecule has 3 rings (SSSR count). The van der Waals surface area contributed by atoms with Crippen LogP contribution in [0.4, 0.5) is 0 Å². The lowest BCUT2D eigenvalue weighted by atomic mass is 10.1. The zero-order valence-electron chi connectivity index (χ0n) is 14.7. The van der Waals surface area contributed by atoms with Crippen LogP contribution < -0.4 is 14.8 Å². The van der Waals surface area contributed by atoms with Crippen molar-refractivity contribution < 1.29 is 14.3 Å². The van der Waals surface area contributed by atoms with Crippen LogP contribution in [0.2, 0.25) is 0 Å². The van der Waals surface area contributed by atoms with Gasteiger partial charge in [-0.3, -0.25) is 9.69 Å². The summed E-state index contributed by atoms with van der Waals surface area (Å²) in [4.78, 5) is 14.3. The second-order valence-corrected chi connectivity index (χ2v) is 6.35. The van der Waals surface area contributed by atoms with Gasteiger partial charge in [0.05, 0.1) is 12.6 Å². The van der Waals surface area contributed by atoms with E-state index in [0.717, 1.165) is 23.6 Å². The molecule has 0 spiro atoms. The van der Waals surface area contributed by atoms with Crippen molar-refractivity contribution >= 4 is 5.91 Å². The molecule has 0 aliphatic carbocycles. The molecular formula is C20H24N2O3. The van der Waals surface area contributed by atoms with Crippen LogP contribution in [0.1, 0.15) is 24.1 Å². The minimum atomic E-state index is -0.0894. The molecule has 0 aromatic heterocycles. The van der Waals surface area contributed by atoms with Gasteiger partial charge in [-0.05, 0) is 37.2 Å². The van der Waals surface area contributed by atoms with Crippen molar-refractivity contribution in [2.75, 3.05) is 26.8 Å². The van der Waals surface area contributed by atoms with Gasteiger partial charge in [0.2, 0.25) is 5.91 Å². The number of ether oxygens (including phenoxy) is 2. The Hall–Kier alpha value is -2.53. The molecule has 0 fully saturated rings. The molecule has 1 unspecified atom stereocenters. The monoisotopic (exact) mass is 340 g/mol. The normalized spacial score (nSPS) is 14.2. The van der Waals surface area contributed by atoms with Crippen LogP contribution in [0, 0.1) is 0 Å². The number of nitrogens with one attached hydrogen (secondary N) is 1. The van der Waals surface area contributed by atoms with E-state index in [1.54, 1.807) is 0 Å². The van der Waals surface area contributed by atoms with Crippen molar-refractivity contribution in [3.8, 4) is 11.5 Å². The molecule has 1 aliphatic rings. The van der Waals surface area contributed by atoms with Gasteiger partial charge in [-0.15, -0.1) is 0 Å². The zero-order valence-corrected chi connectivity index (χ0v) is 14.7. The van der Waals surface area contributed by atoms with Crippen LogP contribution in [-0.2, 0) is 11.3 Å². The van der Waals surface area contributed by atoms with Crippen LogP contribution in [0.5, 0.6) is 11.5 Å². The van der Waals surface area contributed by atoms with E-state index in [0.29, 0.717) is 19.8 Å². The number of nitrogens with zero attached hydrogens (tertiary/aromatic N) is 1. The summed E-state index contributed by atoms with van der Waals surface area (Å²) in [6.45, 7) is 4.20. The van der Waals surface area contributed by atoms with Crippen molar-refractivity contribution in [1.82, 2.24) is 10.2 Å². The number of fused-ring (bicyclic) bond motifs is 1. The van der Waals surface area contributed by atoms with E-state index in [9.17, 15) is 4.79 Å². The van der Waals surface area contributed by atoms with Crippen LogP contribution in [0.15, 0.2) is 48.5 Å². The van der Waals surface area contributed by atoms with E-state index in [2.05, 4.69) is 17.4 Å². The topological polar surface area (TPSA) is 50.8 Å². The predicted octanol–water partition coefficient (Wildman–Crippen LogP) is 2.77. The number of carbonyl (C=O) groups is 1. The predicted molar refractivity (Wildman–Crippen MR) is 96.8 cm³/mol. The lowest BCUT2D eigenvalue weighted by molar-refractivity contribution is -0.122. The molecule has 2 aromatic rings. The summed E-state index contributed by atoms with van der Waals surface area (Å²) in [7, 11) is 1.95. The lowest BCUT2D eigenvalue weighted by Crippen LogP contribution is -2.36. The fraction of sp³-hybridized carbons (Fsp3) is 0.350. The average molecular weight is 340 g/mol. The molecule has 0 saturated carbocycles. The minimum Gasteiger partial charge on any atom is -0.486 e. The fourth-order valence-corrected chi connectivity index (χ4v) is 2.90. The van der Waals surface area contributed by atoms with Gasteiger partial charge in [-0.2, -0.15) is 0 Å². The molecule has 1 heterocycles. The molecule has 1 amide bonds. The average Bonchev–Trinajstić information content (AvgIpc) is 2.61. The summed E-state index contributed by atoms with van der Waals surface area (Å²) in [5.41, 5.74) is 2.20. The number of likely N-dealkylation sites (N-methyl/N-ethyl adjacent to an activating group) is 1.